The molecule has 0 aliphatic rings. The van der Waals surface area contributed by atoms with Gasteiger partial charge in [0.05, 0.1) is 11.1 Å². The maximum Gasteiger partial charge on any atom is 0.303 e. The van der Waals surface area contributed by atoms with Crippen LogP contribution in [0.25, 0.3) is 0 Å². The first-order valence-electron chi connectivity index (χ1n) is 5.22. The molecule has 5 heteroatoms. The molecule has 0 fully saturated rings. The zero-order chi connectivity index (χ0) is 12.8. The Kier molecular flexibility index (Phi) is 5.58. The minimum absolute atomic E-state index is 0.0472. The lowest BCUT2D eigenvalue weighted by molar-refractivity contribution is -0.137. The lowest BCUT2D eigenvalue weighted by Gasteiger charge is -2.08. The Hall–Kier alpha value is -0.940. The average molecular weight is 305 g/mol. The third kappa shape index (κ3) is 4.44. The smallest absolute Gasteiger partial charge is 0.303 e. The van der Waals surface area contributed by atoms with Crippen molar-refractivity contribution in [3.63, 3.8) is 0 Å². The highest BCUT2D eigenvalue weighted by Crippen LogP contribution is 2.23. The summed E-state index contributed by atoms with van der Waals surface area (Å²) < 4.78 is 19.1. The summed E-state index contributed by atoms with van der Waals surface area (Å²) in [5.41, 5.74) is 1.39. The molecule has 0 radical (unpaired) electrons. The molecule has 0 atom stereocenters. The molecule has 0 saturated heterocycles. The molecule has 0 aromatic heterocycles. The van der Waals surface area contributed by atoms with Crippen LogP contribution >= 0.6 is 15.9 Å². The van der Waals surface area contributed by atoms with E-state index in [-0.39, 0.29) is 12.2 Å². The topological polar surface area (TPSA) is 46.5 Å². The Bertz CT molecular complexity index is 407. The van der Waals surface area contributed by atoms with Gasteiger partial charge >= 0.3 is 5.97 Å². The van der Waals surface area contributed by atoms with Crippen molar-refractivity contribution in [3.05, 3.63) is 33.5 Å². The summed E-state index contributed by atoms with van der Waals surface area (Å²) >= 11 is 3.14. The number of rotatable bonds is 6. The molecule has 94 valence electrons. The van der Waals surface area contributed by atoms with Crippen molar-refractivity contribution < 1.29 is 19.0 Å². The summed E-state index contributed by atoms with van der Waals surface area (Å²) in [6, 6.07) is 3.38. The number of hydrogen-bond acceptors (Lipinski definition) is 2. The van der Waals surface area contributed by atoms with Crippen molar-refractivity contribution in [2.45, 2.75) is 25.9 Å². The summed E-state index contributed by atoms with van der Waals surface area (Å²) in [7, 11) is 1.57. The molecule has 0 aliphatic heterocycles. The first-order valence-corrected chi connectivity index (χ1v) is 6.01. The molecule has 1 aromatic rings. The molecule has 1 aromatic carbocycles. The SMILES string of the molecule is COCc1cc(Br)c(F)c(CCCC(=O)O)c1. The van der Waals surface area contributed by atoms with E-state index in [4.69, 9.17) is 9.84 Å². The lowest BCUT2D eigenvalue weighted by atomic mass is 10.0. The Balaban J connectivity index is 2.78. The number of carbonyl (C=O) groups is 1. The van der Waals surface area contributed by atoms with E-state index in [0.29, 0.717) is 29.5 Å². The second-order valence-corrected chi connectivity index (χ2v) is 4.59. The van der Waals surface area contributed by atoms with Crippen LogP contribution in [0.15, 0.2) is 16.6 Å². The van der Waals surface area contributed by atoms with Gasteiger partial charge in [-0.25, -0.2) is 4.39 Å². The van der Waals surface area contributed by atoms with Gasteiger partial charge in [0.2, 0.25) is 0 Å². The molecule has 1 rings (SSSR count). The number of hydrogen-bond donors (Lipinski definition) is 1. The second kappa shape index (κ2) is 6.71. The molecule has 0 unspecified atom stereocenters. The molecule has 17 heavy (non-hydrogen) atoms. The minimum atomic E-state index is -0.863. The predicted molar refractivity (Wildman–Crippen MR) is 65.4 cm³/mol. The van der Waals surface area contributed by atoms with Gasteiger partial charge < -0.3 is 9.84 Å². The van der Waals surface area contributed by atoms with E-state index in [2.05, 4.69) is 15.9 Å². The Morgan fingerprint density at radius 2 is 2.24 bits per heavy atom. The highest BCUT2D eigenvalue weighted by Gasteiger charge is 2.09. The van der Waals surface area contributed by atoms with Gasteiger partial charge in [0.25, 0.3) is 0 Å². The van der Waals surface area contributed by atoms with Gasteiger partial charge in [-0.2, -0.15) is 0 Å². The largest absolute Gasteiger partial charge is 0.481 e. The van der Waals surface area contributed by atoms with Crippen LogP contribution in [0.1, 0.15) is 24.0 Å². The quantitative estimate of drug-likeness (QED) is 0.878. The van der Waals surface area contributed by atoms with Crippen molar-refractivity contribution in [1.82, 2.24) is 0 Å². The van der Waals surface area contributed by atoms with E-state index in [1.54, 1.807) is 19.2 Å². The normalized spacial score (nSPS) is 10.5. The molecule has 0 bridgehead atoms. The summed E-state index contributed by atoms with van der Waals surface area (Å²) in [5, 5.41) is 8.53. The molecular formula is C12H14BrFO3. The van der Waals surface area contributed by atoms with Crippen LogP contribution in [-0.2, 0) is 22.6 Å². The molecule has 0 spiro atoms. The average Bonchev–Trinajstić information content (AvgIpc) is 2.24. The van der Waals surface area contributed by atoms with Crippen molar-refractivity contribution in [2.24, 2.45) is 0 Å². The molecule has 3 nitrogen and oxygen atoms in total. The van der Waals surface area contributed by atoms with Gasteiger partial charge in [-0.15, -0.1) is 0 Å². The van der Waals surface area contributed by atoms with Gasteiger partial charge in [-0.1, -0.05) is 6.07 Å². The first kappa shape index (κ1) is 14.1. The Labute approximate surface area is 108 Å². The minimum Gasteiger partial charge on any atom is -0.481 e. The lowest BCUT2D eigenvalue weighted by Crippen LogP contribution is -2.00. The van der Waals surface area contributed by atoms with E-state index in [0.717, 1.165) is 5.56 Å². The van der Waals surface area contributed by atoms with Crippen molar-refractivity contribution in [1.29, 1.82) is 0 Å². The number of carboxylic acids is 1. The standard InChI is InChI=1S/C12H14BrFO3/c1-17-7-8-5-9(3-2-4-11(15)16)12(14)10(13)6-8/h5-6H,2-4,7H2,1H3,(H,15,16). The van der Waals surface area contributed by atoms with Gasteiger partial charge in [-0.3, -0.25) is 4.79 Å². The summed E-state index contributed by atoms with van der Waals surface area (Å²) in [6.07, 6.45) is 0.884. The van der Waals surface area contributed by atoms with E-state index in [1.807, 2.05) is 0 Å². The fourth-order valence-electron chi connectivity index (χ4n) is 1.57. The third-order valence-electron chi connectivity index (χ3n) is 2.31. The van der Waals surface area contributed by atoms with Gasteiger partial charge in [-0.05, 0) is 46.0 Å². The van der Waals surface area contributed by atoms with Crippen LogP contribution < -0.4 is 0 Å². The van der Waals surface area contributed by atoms with E-state index in [1.165, 1.54) is 0 Å². The maximum absolute atomic E-state index is 13.7. The third-order valence-corrected chi connectivity index (χ3v) is 2.89. The van der Waals surface area contributed by atoms with Crippen molar-refractivity contribution >= 4 is 21.9 Å². The number of halogens is 2. The highest BCUT2D eigenvalue weighted by molar-refractivity contribution is 9.10. The van der Waals surface area contributed by atoms with Crippen LogP contribution in [0.3, 0.4) is 0 Å². The summed E-state index contributed by atoms with van der Waals surface area (Å²) in [4.78, 5) is 10.4. The first-order chi connectivity index (χ1) is 8.04. The van der Waals surface area contributed by atoms with Crippen LogP contribution in [0.4, 0.5) is 4.39 Å². The van der Waals surface area contributed by atoms with Gasteiger partial charge in [0.1, 0.15) is 5.82 Å². The number of aryl methyl sites for hydroxylation is 1. The van der Waals surface area contributed by atoms with E-state index < -0.39 is 5.97 Å². The van der Waals surface area contributed by atoms with Crippen molar-refractivity contribution in [2.75, 3.05) is 7.11 Å². The number of ether oxygens (including phenoxy) is 1. The predicted octanol–water partition coefficient (Wildman–Crippen LogP) is 3.14. The summed E-state index contributed by atoms with van der Waals surface area (Å²) in [5.74, 6) is -1.19. The molecule has 0 heterocycles. The number of methoxy groups -OCH3 is 1. The summed E-state index contributed by atoms with van der Waals surface area (Å²) in [6.45, 7) is 0.408. The molecule has 0 amide bonds. The zero-order valence-electron chi connectivity index (χ0n) is 9.50. The second-order valence-electron chi connectivity index (χ2n) is 3.73. The van der Waals surface area contributed by atoms with Crippen molar-refractivity contribution in [3.8, 4) is 0 Å². The fraction of sp³-hybridized carbons (Fsp3) is 0.417. The molecular weight excluding hydrogens is 291 g/mol. The Morgan fingerprint density at radius 3 is 2.82 bits per heavy atom. The number of aliphatic carboxylic acids is 1. The van der Waals surface area contributed by atoms with E-state index in [9.17, 15) is 9.18 Å². The van der Waals surface area contributed by atoms with Gasteiger partial charge in [0, 0.05) is 13.5 Å². The highest BCUT2D eigenvalue weighted by atomic mass is 79.9. The van der Waals surface area contributed by atoms with Gasteiger partial charge in [0.15, 0.2) is 0 Å². The maximum atomic E-state index is 13.7. The fourth-order valence-corrected chi connectivity index (χ4v) is 2.12. The number of benzene rings is 1. The zero-order valence-corrected chi connectivity index (χ0v) is 11.1. The van der Waals surface area contributed by atoms with E-state index >= 15 is 0 Å². The van der Waals surface area contributed by atoms with Crippen LogP contribution in [-0.4, -0.2) is 18.2 Å². The number of carboxylic acid groups (broad SMARTS) is 1. The molecule has 0 saturated carbocycles. The monoisotopic (exact) mass is 304 g/mol. The van der Waals surface area contributed by atoms with Crippen LogP contribution in [0.5, 0.6) is 0 Å². The molecule has 0 aliphatic carbocycles. The van der Waals surface area contributed by atoms with Crippen LogP contribution in [0.2, 0.25) is 0 Å². The molecule has 1 N–H and O–H groups in total. The Morgan fingerprint density at radius 1 is 1.53 bits per heavy atom. The van der Waals surface area contributed by atoms with Crippen LogP contribution in [0, 0.1) is 5.82 Å².